The third-order valence-corrected chi connectivity index (χ3v) is 30.4. The van der Waals surface area contributed by atoms with Crippen LogP contribution in [-0.2, 0) is 0 Å². The van der Waals surface area contributed by atoms with Crippen molar-refractivity contribution >= 4 is 251 Å². The van der Waals surface area contributed by atoms with Crippen LogP contribution in [0.3, 0.4) is 0 Å². The van der Waals surface area contributed by atoms with Crippen LogP contribution < -0.4 is 0 Å². The highest BCUT2D eigenvalue weighted by Gasteiger charge is 2.29. The Morgan fingerprint density at radius 1 is 0.126 bits per heavy atom. The molecule has 9 heteroatoms. The molecule has 143 heavy (non-hydrogen) atoms. The first kappa shape index (κ1) is 78.9. The van der Waals surface area contributed by atoms with Gasteiger partial charge in [0.2, 0.25) is 0 Å². The first-order chi connectivity index (χ1) is 71.0. The molecule has 0 saturated carbocycles. The van der Waals surface area contributed by atoms with Crippen molar-refractivity contribution in [3.63, 3.8) is 0 Å². The minimum Gasteiger partial charge on any atom is -0.455 e. The van der Waals surface area contributed by atoms with Gasteiger partial charge in [-0.1, -0.05) is 309 Å². The second-order valence-corrected chi connectivity index (χ2v) is 37.9. The van der Waals surface area contributed by atoms with E-state index in [1.54, 1.807) is 0 Å². The van der Waals surface area contributed by atoms with E-state index in [9.17, 15) is 0 Å². The molecule has 0 saturated heterocycles. The SMILES string of the molecule is c1ccc(-c2cccc(-n3c4cc5c(cc4c4c6oc7ccccc7c6ccc43)c3ccccc3n5-c3ccccc3)c2)cc1.c1ccc(-n2c3cc4c(cc3c3c5oc6ccccc6c5ccc32)c2ccccc2n4-c2cc3ccccc3c3ccccc23)cc1.c1ccc(-n2c3cc4c(cc3c3c5oc6ccccc6c5ccc32)c2ccccc2n4-c2ccc3c4ccccc4c4ccccc4c3c2)cc1. The molecule has 0 amide bonds. The largest absolute Gasteiger partial charge is 0.455 e. The van der Waals surface area contributed by atoms with Crippen LogP contribution in [-0.4, -0.2) is 27.4 Å². The summed E-state index contributed by atoms with van der Waals surface area (Å²) in [6.07, 6.45) is 0. The quantitative estimate of drug-likeness (QED) is 0.149. The fourth-order valence-corrected chi connectivity index (χ4v) is 24.3. The Kier molecular flexibility index (Phi) is 16.9. The van der Waals surface area contributed by atoms with E-state index in [4.69, 9.17) is 13.3 Å². The number of rotatable bonds is 7. The van der Waals surface area contributed by atoms with Crippen molar-refractivity contribution in [3.05, 3.63) is 485 Å². The topological polar surface area (TPSA) is 69.0 Å². The molecule has 33 rings (SSSR count). The molecule has 9 heterocycles. The fraction of sp³-hybridized carbons (Fsp3) is 0. The van der Waals surface area contributed by atoms with Gasteiger partial charge in [-0.2, -0.15) is 0 Å². The Bertz CT molecular complexity index is 11200. The summed E-state index contributed by atoms with van der Waals surface area (Å²) in [4.78, 5) is 0. The molecule has 0 aliphatic carbocycles. The van der Waals surface area contributed by atoms with Gasteiger partial charge in [0.1, 0.15) is 33.5 Å². The first-order valence-corrected chi connectivity index (χ1v) is 49.0. The van der Waals surface area contributed by atoms with E-state index in [-0.39, 0.29) is 0 Å². The van der Waals surface area contributed by atoms with E-state index in [0.717, 1.165) is 144 Å². The van der Waals surface area contributed by atoms with Crippen LogP contribution in [0.4, 0.5) is 0 Å². The molecule has 0 atom stereocenters. The lowest BCUT2D eigenvalue weighted by molar-refractivity contribution is 0.672. The number of fused-ring (bicyclic) bond motifs is 39. The molecule has 0 bridgehead atoms. The van der Waals surface area contributed by atoms with Crippen LogP contribution in [0, 0.1) is 0 Å². The predicted molar refractivity (Wildman–Crippen MR) is 600 cm³/mol. The van der Waals surface area contributed by atoms with Crippen molar-refractivity contribution < 1.29 is 13.3 Å². The summed E-state index contributed by atoms with van der Waals surface area (Å²) in [5.41, 5.74) is 28.8. The second kappa shape index (κ2) is 30.6. The zero-order valence-corrected chi connectivity index (χ0v) is 77.1. The first-order valence-electron chi connectivity index (χ1n) is 49.0. The molecule has 0 fully saturated rings. The Morgan fingerprint density at radius 2 is 0.413 bits per heavy atom. The Labute approximate surface area is 816 Å². The molecule has 33 aromatic rings. The molecular formula is C134H80N6O3. The molecule has 664 valence electrons. The highest BCUT2D eigenvalue weighted by Crippen LogP contribution is 2.51. The Hall–Kier alpha value is -19.2. The zero-order valence-electron chi connectivity index (χ0n) is 77.1. The average molecular weight is 1820 g/mol. The van der Waals surface area contributed by atoms with Gasteiger partial charge in [-0.15, -0.1) is 0 Å². The van der Waals surface area contributed by atoms with Crippen molar-refractivity contribution in [1.29, 1.82) is 0 Å². The van der Waals surface area contributed by atoms with Crippen molar-refractivity contribution in [2.75, 3.05) is 0 Å². The van der Waals surface area contributed by atoms with Gasteiger partial charge in [0, 0.05) is 115 Å². The lowest BCUT2D eigenvalue weighted by Gasteiger charge is -2.14. The fourth-order valence-electron chi connectivity index (χ4n) is 24.3. The molecule has 0 aliphatic rings. The Morgan fingerprint density at radius 3 is 0.853 bits per heavy atom. The average Bonchev–Trinajstić information content (AvgIpc) is 1.56. The molecule has 0 N–H and O–H groups in total. The third-order valence-electron chi connectivity index (χ3n) is 30.4. The van der Waals surface area contributed by atoms with Crippen molar-refractivity contribution in [1.82, 2.24) is 27.4 Å². The maximum absolute atomic E-state index is 6.69. The van der Waals surface area contributed by atoms with E-state index in [1.807, 2.05) is 18.2 Å². The lowest BCUT2D eigenvalue weighted by atomic mass is 9.94. The van der Waals surface area contributed by atoms with Crippen LogP contribution in [0.1, 0.15) is 0 Å². The molecule has 0 spiro atoms. The third kappa shape index (κ3) is 11.6. The highest BCUT2D eigenvalue weighted by molar-refractivity contribution is 6.32. The molecule has 24 aromatic carbocycles. The van der Waals surface area contributed by atoms with Crippen molar-refractivity contribution in [2.24, 2.45) is 0 Å². The van der Waals surface area contributed by atoms with Crippen LogP contribution in [0.15, 0.2) is 499 Å². The van der Waals surface area contributed by atoms with E-state index in [0.29, 0.717) is 0 Å². The molecule has 0 radical (unpaired) electrons. The maximum Gasteiger partial charge on any atom is 0.145 e. The highest BCUT2D eigenvalue weighted by atomic mass is 16.3. The van der Waals surface area contributed by atoms with Crippen molar-refractivity contribution in [3.8, 4) is 45.3 Å². The van der Waals surface area contributed by atoms with Gasteiger partial charge in [-0.25, -0.2) is 0 Å². The van der Waals surface area contributed by atoms with E-state index < -0.39 is 0 Å². The normalized spacial score (nSPS) is 12.2. The summed E-state index contributed by atoms with van der Waals surface area (Å²) in [5, 5.41) is 33.9. The second-order valence-electron chi connectivity index (χ2n) is 37.9. The van der Waals surface area contributed by atoms with Gasteiger partial charge in [0.25, 0.3) is 0 Å². The van der Waals surface area contributed by atoms with E-state index >= 15 is 0 Å². The molecule has 0 aliphatic heterocycles. The summed E-state index contributed by atoms with van der Waals surface area (Å²) in [5.74, 6) is 0. The molecule has 9 nitrogen and oxygen atoms in total. The van der Waals surface area contributed by atoms with E-state index in [2.05, 4.69) is 495 Å². The van der Waals surface area contributed by atoms with Gasteiger partial charge < -0.3 is 40.7 Å². The lowest BCUT2D eigenvalue weighted by Crippen LogP contribution is -1.97. The summed E-state index contributed by atoms with van der Waals surface area (Å²) in [7, 11) is 0. The minimum atomic E-state index is 0.911. The molecule has 0 unspecified atom stereocenters. The van der Waals surface area contributed by atoms with Crippen LogP contribution in [0.25, 0.3) is 296 Å². The van der Waals surface area contributed by atoms with Crippen LogP contribution in [0.2, 0.25) is 0 Å². The molecule has 9 aromatic heterocycles. The maximum atomic E-state index is 6.69. The number of furan rings is 3. The summed E-state index contributed by atoms with van der Waals surface area (Å²) < 4.78 is 34.6. The van der Waals surface area contributed by atoms with Gasteiger partial charge >= 0.3 is 0 Å². The molecular weight excluding hydrogens is 1740 g/mol. The summed E-state index contributed by atoms with van der Waals surface area (Å²) in [6, 6.07) is 175. The van der Waals surface area contributed by atoms with Gasteiger partial charge in [0.05, 0.1) is 88.0 Å². The van der Waals surface area contributed by atoms with Gasteiger partial charge in [-0.05, 0) is 236 Å². The Balaban J connectivity index is 0.0000000983. The minimum absolute atomic E-state index is 0.911. The van der Waals surface area contributed by atoms with Crippen LogP contribution in [0.5, 0.6) is 0 Å². The summed E-state index contributed by atoms with van der Waals surface area (Å²) in [6.45, 7) is 0. The number of hydrogen-bond donors (Lipinski definition) is 0. The smallest absolute Gasteiger partial charge is 0.145 e. The number of hydrogen-bond acceptors (Lipinski definition) is 3. The van der Waals surface area contributed by atoms with Gasteiger partial charge in [-0.3, -0.25) is 0 Å². The van der Waals surface area contributed by atoms with Gasteiger partial charge in [0.15, 0.2) is 0 Å². The number of nitrogens with zero attached hydrogens (tertiary/aromatic N) is 6. The number of benzene rings is 24. The summed E-state index contributed by atoms with van der Waals surface area (Å²) >= 11 is 0. The monoisotopic (exact) mass is 1820 g/mol. The predicted octanol–water partition coefficient (Wildman–Crippen LogP) is 36.8. The zero-order chi connectivity index (χ0) is 93.3. The number of para-hydroxylation sites is 9. The number of aromatic nitrogens is 6. The van der Waals surface area contributed by atoms with E-state index in [1.165, 1.54) is 152 Å². The standard InChI is InChI=1S/C48H28N2O.C44H26N2O.C42H26N2O/c1-2-12-29(13-3-1)49-43-25-24-38-37-19-9-11-21-46(37)51-48(38)47(43)41-27-40-36-18-8-10-20-42(36)50(44(40)28-45(41)49)30-22-23-35-33-16-5-4-14-31(33)32-15-6-7-17-34(32)39(35)26-30;1-2-13-28(14-3-1)45-38-23-22-34-33-19-9-11-21-42(33)47-44(34)43(38)36-25-35-32-18-8-10-20-37(32)46(40(35)26-41(36)45)39-24-27-12-4-5-15-29(27)30-16-6-7-17-31(30)39;1-3-12-27(13-4-1)28-14-11-17-30(24-28)44-37-23-22-33-32-19-8-10-21-40(32)45-42(33)41(37)35-25-34-31-18-7-9-20-36(31)43(38(34)26-39(35)44)29-15-5-2-6-16-29/h1-28H;1-26H;1-26H. The van der Waals surface area contributed by atoms with Crippen LogP contribution >= 0.6 is 0 Å². The van der Waals surface area contributed by atoms with Crippen molar-refractivity contribution in [2.45, 2.75) is 0 Å².